The summed E-state index contributed by atoms with van der Waals surface area (Å²) in [6, 6.07) is 0.256. The average molecular weight is 295 g/mol. The van der Waals surface area contributed by atoms with Gasteiger partial charge in [0.05, 0.1) is 0 Å². The highest BCUT2D eigenvalue weighted by Crippen LogP contribution is 2.43. The lowest BCUT2D eigenvalue weighted by Gasteiger charge is -2.47. The van der Waals surface area contributed by atoms with Crippen molar-refractivity contribution < 1.29 is 4.79 Å². The Labute approximate surface area is 128 Å². The van der Waals surface area contributed by atoms with Gasteiger partial charge in [0.25, 0.3) is 0 Å². The molecule has 2 nitrogen and oxygen atoms in total. The molecule has 0 radical (unpaired) electrons. The molecule has 0 spiro atoms. The Balaban J connectivity index is 2.77. The fourth-order valence-corrected chi connectivity index (χ4v) is 3.25. The molecule has 1 aliphatic rings. The van der Waals surface area contributed by atoms with Gasteiger partial charge in [-0.25, -0.2) is 0 Å². The van der Waals surface area contributed by atoms with Crippen LogP contribution in [-0.4, -0.2) is 18.2 Å². The first-order valence-corrected chi connectivity index (χ1v) is 8.76. The van der Waals surface area contributed by atoms with E-state index in [9.17, 15) is 4.79 Å². The third-order valence-electron chi connectivity index (χ3n) is 4.90. The van der Waals surface area contributed by atoms with E-state index in [4.69, 9.17) is 0 Å². The van der Waals surface area contributed by atoms with Crippen LogP contribution in [0.15, 0.2) is 23.1 Å². The predicted molar refractivity (Wildman–Crippen MR) is 89.7 cm³/mol. The second kappa shape index (κ2) is 7.35. The van der Waals surface area contributed by atoms with Gasteiger partial charge < -0.3 is 5.32 Å². The van der Waals surface area contributed by atoms with Crippen LogP contribution < -0.4 is 5.32 Å². The summed E-state index contributed by atoms with van der Waals surface area (Å²) in [5.74, 6) is 1.25. The van der Waals surface area contributed by atoms with Crippen LogP contribution in [0.4, 0.5) is 0 Å². The molecule has 0 bridgehead atoms. The minimum absolute atomic E-state index is 0.0646. The standard InChI is InChI=1S/C17H29NOS/c1-12-9-10-14(3)17(4,5)15(12)18-16(19)13(2)8-7-11-20-6/h7-8,11-12,14-15H,9-10H2,1-6H3,(H,18,19)/b11-7-,13-8+. The molecule has 3 unspecified atom stereocenters. The summed E-state index contributed by atoms with van der Waals surface area (Å²) in [4.78, 5) is 12.3. The number of hydrogen-bond acceptors (Lipinski definition) is 2. The molecule has 20 heavy (non-hydrogen) atoms. The summed E-state index contributed by atoms with van der Waals surface area (Å²) in [5.41, 5.74) is 0.930. The van der Waals surface area contributed by atoms with E-state index in [0.29, 0.717) is 11.8 Å². The first-order valence-electron chi connectivity index (χ1n) is 7.47. The zero-order chi connectivity index (χ0) is 15.3. The lowest BCUT2D eigenvalue weighted by atomic mass is 9.62. The van der Waals surface area contributed by atoms with E-state index in [2.05, 4.69) is 33.0 Å². The van der Waals surface area contributed by atoms with Crippen molar-refractivity contribution >= 4 is 17.7 Å². The number of hydrogen-bond donors (Lipinski definition) is 1. The van der Waals surface area contributed by atoms with Crippen LogP contribution in [0.25, 0.3) is 0 Å². The zero-order valence-corrected chi connectivity index (χ0v) is 14.5. The number of amides is 1. The topological polar surface area (TPSA) is 29.1 Å². The highest BCUT2D eigenvalue weighted by molar-refractivity contribution is 8.01. The molecule has 3 atom stereocenters. The van der Waals surface area contributed by atoms with Crippen molar-refractivity contribution in [2.24, 2.45) is 17.3 Å². The fourth-order valence-electron chi connectivity index (χ4n) is 3.01. The number of carbonyl (C=O) groups excluding carboxylic acids is 1. The molecule has 0 aromatic carbocycles. The first kappa shape index (κ1) is 17.4. The lowest BCUT2D eigenvalue weighted by Crippen LogP contribution is -2.54. The van der Waals surface area contributed by atoms with E-state index in [1.807, 2.05) is 30.7 Å². The quantitative estimate of drug-likeness (QED) is 0.616. The molecular weight excluding hydrogens is 266 g/mol. The minimum Gasteiger partial charge on any atom is -0.349 e. The van der Waals surface area contributed by atoms with Gasteiger partial charge >= 0.3 is 0 Å². The number of nitrogens with one attached hydrogen (secondary N) is 1. The lowest BCUT2D eigenvalue weighted by molar-refractivity contribution is -0.120. The number of allylic oxidation sites excluding steroid dienone is 2. The Kier molecular flexibility index (Phi) is 6.38. The number of carbonyl (C=O) groups is 1. The zero-order valence-electron chi connectivity index (χ0n) is 13.7. The Morgan fingerprint density at radius 3 is 2.55 bits per heavy atom. The normalized spacial score (nSPS) is 30.5. The predicted octanol–water partition coefficient (Wildman–Crippen LogP) is 4.39. The summed E-state index contributed by atoms with van der Waals surface area (Å²) in [7, 11) is 0. The van der Waals surface area contributed by atoms with Crippen molar-refractivity contribution in [3.63, 3.8) is 0 Å². The maximum atomic E-state index is 12.3. The molecule has 0 aromatic heterocycles. The Bertz CT molecular complexity index is 398. The van der Waals surface area contributed by atoms with Crippen LogP contribution in [0.3, 0.4) is 0 Å². The van der Waals surface area contributed by atoms with E-state index in [1.54, 1.807) is 11.8 Å². The third kappa shape index (κ3) is 4.15. The molecule has 1 amide bonds. The molecule has 1 saturated carbocycles. The summed E-state index contributed by atoms with van der Waals surface area (Å²) in [6.45, 7) is 11.0. The van der Waals surface area contributed by atoms with Crippen molar-refractivity contribution in [2.45, 2.75) is 53.5 Å². The molecule has 114 valence electrons. The van der Waals surface area contributed by atoms with E-state index < -0.39 is 0 Å². The van der Waals surface area contributed by atoms with Crippen LogP contribution in [0.2, 0.25) is 0 Å². The van der Waals surface area contributed by atoms with Crippen molar-refractivity contribution in [2.75, 3.05) is 6.26 Å². The Hall–Kier alpha value is -0.700. The molecular formula is C17H29NOS. The van der Waals surface area contributed by atoms with Gasteiger partial charge in [-0.15, -0.1) is 11.8 Å². The van der Waals surface area contributed by atoms with Gasteiger partial charge in [0, 0.05) is 11.6 Å². The Morgan fingerprint density at radius 1 is 1.30 bits per heavy atom. The summed E-state index contributed by atoms with van der Waals surface area (Å²) < 4.78 is 0. The molecule has 0 heterocycles. The third-order valence-corrected chi connectivity index (χ3v) is 5.33. The van der Waals surface area contributed by atoms with Gasteiger partial charge in [-0.1, -0.05) is 39.8 Å². The smallest absolute Gasteiger partial charge is 0.247 e. The highest BCUT2D eigenvalue weighted by atomic mass is 32.2. The van der Waals surface area contributed by atoms with Crippen LogP contribution >= 0.6 is 11.8 Å². The Morgan fingerprint density at radius 2 is 1.95 bits per heavy atom. The van der Waals surface area contributed by atoms with Gasteiger partial charge in [0.15, 0.2) is 0 Å². The van der Waals surface area contributed by atoms with E-state index in [-0.39, 0.29) is 17.4 Å². The molecule has 0 saturated heterocycles. The van der Waals surface area contributed by atoms with E-state index in [1.165, 1.54) is 12.8 Å². The largest absolute Gasteiger partial charge is 0.349 e. The molecule has 1 fully saturated rings. The first-order chi connectivity index (χ1) is 9.30. The number of thioether (sulfide) groups is 1. The minimum atomic E-state index is 0.0646. The van der Waals surface area contributed by atoms with E-state index >= 15 is 0 Å². The van der Waals surface area contributed by atoms with Crippen LogP contribution in [-0.2, 0) is 4.79 Å². The van der Waals surface area contributed by atoms with Gasteiger partial charge in [0.2, 0.25) is 5.91 Å². The van der Waals surface area contributed by atoms with Crippen molar-refractivity contribution in [1.82, 2.24) is 5.32 Å². The molecule has 3 heteroatoms. The van der Waals surface area contributed by atoms with E-state index in [0.717, 1.165) is 5.57 Å². The van der Waals surface area contributed by atoms with Gasteiger partial charge in [-0.3, -0.25) is 4.79 Å². The number of rotatable bonds is 4. The summed E-state index contributed by atoms with van der Waals surface area (Å²) in [5, 5.41) is 5.25. The molecule has 0 aromatic rings. The van der Waals surface area contributed by atoms with Crippen molar-refractivity contribution in [3.8, 4) is 0 Å². The SMILES string of the molecule is CS/C=C\C=C(/C)C(=O)NC1C(C)CCC(C)C1(C)C. The van der Waals surface area contributed by atoms with Crippen molar-refractivity contribution in [1.29, 1.82) is 0 Å². The van der Waals surface area contributed by atoms with Gasteiger partial charge in [-0.05, 0) is 48.7 Å². The second-order valence-corrected chi connectivity index (χ2v) is 7.39. The maximum Gasteiger partial charge on any atom is 0.247 e. The van der Waals surface area contributed by atoms with Crippen LogP contribution in [0.5, 0.6) is 0 Å². The molecule has 1 aliphatic carbocycles. The van der Waals surface area contributed by atoms with Gasteiger partial charge in [0.1, 0.15) is 0 Å². The molecule has 1 N–H and O–H groups in total. The van der Waals surface area contributed by atoms with Crippen LogP contribution in [0.1, 0.15) is 47.5 Å². The second-order valence-electron chi connectivity index (χ2n) is 6.64. The highest BCUT2D eigenvalue weighted by Gasteiger charge is 2.42. The fraction of sp³-hybridized carbons (Fsp3) is 0.706. The summed E-state index contributed by atoms with van der Waals surface area (Å²) >= 11 is 1.63. The maximum absolute atomic E-state index is 12.3. The average Bonchev–Trinajstić information content (AvgIpc) is 2.39. The summed E-state index contributed by atoms with van der Waals surface area (Å²) in [6.07, 6.45) is 8.28. The van der Waals surface area contributed by atoms with Crippen LogP contribution in [0, 0.1) is 17.3 Å². The van der Waals surface area contributed by atoms with Crippen molar-refractivity contribution in [3.05, 3.63) is 23.1 Å². The molecule has 1 rings (SSSR count). The molecule has 0 aliphatic heterocycles. The van der Waals surface area contributed by atoms with Gasteiger partial charge in [-0.2, -0.15) is 0 Å². The monoisotopic (exact) mass is 295 g/mol.